The average Bonchev–Trinajstić information content (AvgIpc) is 2.36. The van der Waals surface area contributed by atoms with Crippen LogP contribution >= 0.6 is 0 Å². The van der Waals surface area contributed by atoms with E-state index in [4.69, 9.17) is 0 Å². The number of hydrogen-bond donors (Lipinski definition) is 2. The van der Waals surface area contributed by atoms with E-state index in [1.54, 1.807) is 0 Å². The lowest BCUT2D eigenvalue weighted by molar-refractivity contribution is -0.127. The second-order valence-electron chi connectivity index (χ2n) is 4.79. The van der Waals surface area contributed by atoms with Crippen LogP contribution in [0.5, 0.6) is 0 Å². The first kappa shape index (κ1) is 14.5. The van der Waals surface area contributed by atoms with Crippen molar-refractivity contribution >= 4 is 5.91 Å². The van der Waals surface area contributed by atoms with Crippen molar-refractivity contribution in [3.8, 4) is 0 Å². The van der Waals surface area contributed by atoms with Gasteiger partial charge in [-0.3, -0.25) is 9.69 Å². The number of nitrogens with one attached hydrogen (secondary N) is 2. The van der Waals surface area contributed by atoms with Crippen LogP contribution in [0.1, 0.15) is 40.0 Å². The summed E-state index contributed by atoms with van der Waals surface area (Å²) in [5, 5.41) is 6.30. The molecule has 0 aromatic rings. The monoisotopic (exact) mass is 241 g/mol. The van der Waals surface area contributed by atoms with E-state index < -0.39 is 0 Å². The molecule has 0 aliphatic carbocycles. The lowest BCUT2D eigenvalue weighted by atomic mass is 10.0. The molecule has 1 aliphatic rings. The maximum atomic E-state index is 11.9. The molecule has 1 unspecified atom stereocenters. The fourth-order valence-electron chi connectivity index (χ4n) is 2.56. The van der Waals surface area contributed by atoms with Crippen molar-refractivity contribution in [3.63, 3.8) is 0 Å². The van der Waals surface area contributed by atoms with Crippen LogP contribution in [0.2, 0.25) is 0 Å². The van der Waals surface area contributed by atoms with Gasteiger partial charge in [0.25, 0.3) is 0 Å². The van der Waals surface area contributed by atoms with Crippen molar-refractivity contribution < 1.29 is 4.79 Å². The van der Waals surface area contributed by atoms with Gasteiger partial charge in [0, 0.05) is 12.6 Å². The van der Waals surface area contributed by atoms with Crippen LogP contribution in [-0.4, -0.2) is 49.1 Å². The lowest BCUT2D eigenvalue weighted by Crippen LogP contribution is -2.52. The quantitative estimate of drug-likeness (QED) is 0.728. The predicted octanol–water partition coefficient (Wildman–Crippen LogP) is 0.975. The van der Waals surface area contributed by atoms with E-state index in [9.17, 15) is 4.79 Å². The smallest absolute Gasteiger partial charge is 0.237 e. The van der Waals surface area contributed by atoms with Gasteiger partial charge in [-0.15, -0.1) is 0 Å². The van der Waals surface area contributed by atoms with E-state index in [-0.39, 0.29) is 11.9 Å². The topological polar surface area (TPSA) is 44.4 Å². The number of piperidine rings is 1. The molecular weight excluding hydrogens is 214 g/mol. The Morgan fingerprint density at radius 3 is 2.59 bits per heavy atom. The third-order valence-corrected chi connectivity index (χ3v) is 3.49. The molecule has 1 aliphatic heterocycles. The molecule has 4 nitrogen and oxygen atoms in total. The molecule has 100 valence electrons. The number of nitrogens with zero attached hydrogens (tertiary/aromatic N) is 1. The van der Waals surface area contributed by atoms with Crippen LogP contribution < -0.4 is 10.6 Å². The fourth-order valence-corrected chi connectivity index (χ4v) is 2.56. The Kier molecular flexibility index (Phi) is 6.52. The van der Waals surface area contributed by atoms with Gasteiger partial charge in [-0.05, 0) is 52.7 Å². The Balaban J connectivity index is 2.59. The number of rotatable bonds is 6. The molecule has 1 rings (SSSR count). The average molecular weight is 241 g/mol. The standard InChI is InChI=1S/C13H27N3O/c1-4-10-16(11(3)13(17)15-5-2)12-6-8-14-9-7-12/h11-12,14H,4-10H2,1-3H3,(H,15,17). The third kappa shape index (κ3) is 4.28. The van der Waals surface area contributed by atoms with Gasteiger partial charge >= 0.3 is 0 Å². The molecule has 0 aromatic heterocycles. The highest BCUT2D eigenvalue weighted by atomic mass is 16.2. The van der Waals surface area contributed by atoms with Gasteiger partial charge < -0.3 is 10.6 Å². The van der Waals surface area contributed by atoms with Crippen LogP contribution in [0, 0.1) is 0 Å². The van der Waals surface area contributed by atoms with E-state index in [0.717, 1.165) is 45.4 Å². The highest BCUT2D eigenvalue weighted by Gasteiger charge is 2.27. The minimum absolute atomic E-state index is 0.00185. The highest BCUT2D eigenvalue weighted by Crippen LogP contribution is 2.15. The van der Waals surface area contributed by atoms with Gasteiger partial charge in [-0.2, -0.15) is 0 Å². The summed E-state index contributed by atoms with van der Waals surface area (Å²) in [6.07, 6.45) is 3.42. The third-order valence-electron chi connectivity index (χ3n) is 3.49. The second kappa shape index (κ2) is 7.67. The van der Waals surface area contributed by atoms with Crippen LogP contribution in [0.15, 0.2) is 0 Å². The Morgan fingerprint density at radius 2 is 2.06 bits per heavy atom. The summed E-state index contributed by atoms with van der Waals surface area (Å²) in [5.41, 5.74) is 0. The van der Waals surface area contributed by atoms with E-state index in [2.05, 4.69) is 22.5 Å². The normalized spacial score (nSPS) is 19.3. The zero-order chi connectivity index (χ0) is 12.7. The van der Waals surface area contributed by atoms with E-state index in [1.807, 2.05) is 13.8 Å². The number of likely N-dealkylation sites (N-methyl/N-ethyl adjacent to an activating group) is 1. The second-order valence-corrected chi connectivity index (χ2v) is 4.79. The summed E-state index contributed by atoms with van der Waals surface area (Å²) in [7, 11) is 0. The molecule has 2 N–H and O–H groups in total. The first-order chi connectivity index (χ1) is 8.20. The van der Waals surface area contributed by atoms with Gasteiger partial charge in [-0.1, -0.05) is 6.92 Å². The molecule has 0 saturated carbocycles. The Bertz CT molecular complexity index is 227. The van der Waals surface area contributed by atoms with Crippen molar-refractivity contribution in [2.75, 3.05) is 26.2 Å². The zero-order valence-electron chi connectivity index (χ0n) is 11.5. The number of hydrogen-bond acceptors (Lipinski definition) is 3. The van der Waals surface area contributed by atoms with Crippen LogP contribution in [0.25, 0.3) is 0 Å². The van der Waals surface area contributed by atoms with Crippen LogP contribution in [0.3, 0.4) is 0 Å². The van der Waals surface area contributed by atoms with Gasteiger partial charge in [0.1, 0.15) is 0 Å². The predicted molar refractivity (Wildman–Crippen MR) is 71.0 cm³/mol. The molecule has 1 amide bonds. The molecule has 1 saturated heterocycles. The van der Waals surface area contributed by atoms with Crippen LogP contribution in [-0.2, 0) is 4.79 Å². The summed E-state index contributed by atoms with van der Waals surface area (Å²) < 4.78 is 0. The first-order valence-corrected chi connectivity index (χ1v) is 6.94. The molecular formula is C13H27N3O. The largest absolute Gasteiger partial charge is 0.355 e. The minimum Gasteiger partial charge on any atom is -0.355 e. The van der Waals surface area contributed by atoms with E-state index >= 15 is 0 Å². The van der Waals surface area contributed by atoms with Crippen molar-refractivity contribution in [2.24, 2.45) is 0 Å². The zero-order valence-corrected chi connectivity index (χ0v) is 11.5. The maximum Gasteiger partial charge on any atom is 0.237 e. The Morgan fingerprint density at radius 1 is 1.41 bits per heavy atom. The van der Waals surface area contributed by atoms with E-state index in [1.165, 1.54) is 0 Å². The SMILES string of the molecule is CCCN(C1CCNCC1)C(C)C(=O)NCC. The highest BCUT2D eigenvalue weighted by molar-refractivity contribution is 5.81. The van der Waals surface area contributed by atoms with Gasteiger partial charge in [-0.25, -0.2) is 0 Å². The van der Waals surface area contributed by atoms with Gasteiger partial charge in [0.15, 0.2) is 0 Å². The lowest BCUT2D eigenvalue weighted by Gasteiger charge is -2.37. The molecule has 1 heterocycles. The van der Waals surface area contributed by atoms with E-state index in [0.29, 0.717) is 6.04 Å². The van der Waals surface area contributed by atoms with Crippen molar-refractivity contribution in [1.82, 2.24) is 15.5 Å². The summed E-state index contributed by atoms with van der Waals surface area (Å²) >= 11 is 0. The number of amides is 1. The Labute approximate surface area is 105 Å². The number of carbonyl (C=O) groups is 1. The molecule has 0 radical (unpaired) electrons. The van der Waals surface area contributed by atoms with Gasteiger partial charge in [0.05, 0.1) is 6.04 Å². The molecule has 4 heteroatoms. The summed E-state index contributed by atoms with van der Waals surface area (Å²) in [4.78, 5) is 14.3. The summed E-state index contributed by atoms with van der Waals surface area (Å²) in [5.74, 6) is 0.166. The van der Waals surface area contributed by atoms with Crippen molar-refractivity contribution in [3.05, 3.63) is 0 Å². The minimum atomic E-state index is -0.00185. The molecule has 0 aromatic carbocycles. The van der Waals surface area contributed by atoms with Crippen molar-refractivity contribution in [2.45, 2.75) is 52.1 Å². The van der Waals surface area contributed by atoms with Crippen molar-refractivity contribution in [1.29, 1.82) is 0 Å². The van der Waals surface area contributed by atoms with Crippen LogP contribution in [0.4, 0.5) is 0 Å². The molecule has 1 atom stereocenters. The Hall–Kier alpha value is -0.610. The summed E-state index contributed by atoms with van der Waals surface area (Å²) in [6, 6.07) is 0.562. The number of carbonyl (C=O) groups excluding carboxylic acids is 1. The molecule has 1 fully saturated rings. The summed E-state index contributed by atoms with van der Waals surface area (Å²) in [6.45, 7) is 10.1. The molecule has 0 spiro atoms. The maximum absolute atomic E-state index is 11.9. The molecule has 17 heavy (non-hydrogen) atoms. The fraction of sp³-hybridized carbons (Fsp3) is 0.923. The molecule has 0 bridgehead atoms. The van der Waals surface area contributed by atoms with Gasteiger partial charge in [0.2, 0.25) is 5.91 Å². The first-order valence-electron chi connectivity index (χ1n) is 6.94.